The van der Waals surface area contributed by atoms with Gasteiger partial charge in [0.25, 0.3) is 5.91 Å². The van der Waals surface area contributed by atoms with Gasteiger partial charge in [0.1, 0.15) is 23.0 Å². The number of nitriles is 1. The summed E-state index contributed by atoms with van der Waals surface area (Å²) in [4.78, 5) is 20.8. The lowest BCUT2D eigenvalue weighted by atomic mass is 10.1. The number of carbonyl (C=O) groups is 1. The minimum absolute atomic E-state index is 0.0191. The van der Waals surface area contributed by atoms with E-state index in [4.69, 9.17) is 8.94 Å². The Morgan fingerprint density at radius 3 is 2.75 bits per heavy atom. The third kappa shape index (κ3) is 3.14. The van der Waals surface area contributed by atoms with Crippen LogP contribution in [0.15, 0.2) is 58.0 Å². The molecule has 4 heterocycles. The first kappa shape index (κ1) is 17.2. The van der Waals surface area contributed by atoms with Crippen molar-refractivity contribution in [2.75, 3.05) is 0 Å². The molecule has 0 aliphatic rings. The number of hydrogen-bond donors (Lipinski definition) is 1. The summed E-state index contributed by atoms with van der Waals surface area (Å²) >= 11 is 0. The predicted octanol–water partition coefficient (Wildman–Crippen LogP) is 2.63. The van der Waals surface area contributed by atoms with Crippen LogP contribution in [0.1, 0.15) is 27.6 Å². The molecule has 0 unspecified atom stereocenters. The lowest BCUT2D eigenvalue weighted by Crippen LogP contribution is -2.24. The van der Waals surface area contributed by atoms with E-state index in [2.05, 4.69) is 20.4 Å². The van der Waals surface area contributed by atoms with Crippen LogP contribution in [-0.2, 0) is 6.54 Å². The third-order valence-corrected chi connectivity index (χ3v) is 4.05. The van der Waals surface area contributed by atoms with Crippen LogP contribution in [0.25, 0.3) is 17.3 Å². The molecule has 1 N–H and O–H groups in total. The highest BCUT2D eigenvalue weighted by Gasteiger charge is 2.24. The monoisotopic (exact) mass is 374 g/mol. The average Bonchev–Trinajstić information content (AvgIpc) is 3.46. The number of furan rings is 1. The highest BCUT2D eigenvalue weighted by atomic mass is 16.5. The fraction of sp³-hybridized carbons (Fsp3) is 0.105. The molecule has 4 aromatic heterocycles. The minimum atomic E-state index is -0.458. The highest BCUT2D eigenvalue weighted by Crippen LogP contribution is 2.25. The van der Waals surface area contributed by atoms with Gasteiger partial charge in [0.2, 0.25) is 17.6 Å². The van der Waals surface area contributed by atoms with Crippen LogP contribution < -0.4 is 5.32 Å². The summed E-state index contributed by atoms with van der Waals surface area (Å²) < 4.78 is 12.4. The number of hydrogen-bond acceptors (Lipinski definition) is 7. The summed E-state index contributed by atoms with van der Waals surface area (Å²) in [5.74, 6) is 0.831. The molecule has 9 nitrogen and oxygen atoms in total. The van der Waals surface area contributed by atoms with E-state index in [0.29, 0.717) is 17.5 Å². The first-order valence-electron chi connectivity index (χ1n) is 8.35. The van der Waals surface area contributed by atoms with Gasteiger partial charge < -0.3 is 14.3 Å². The van der Waals surface area contributed by atoms with Crippen LogP contribution in [0.3, 0.4) is 0 Å². The van der Waals surface area contributed by atoms with Crippen LogP contribution in [0.2, 0.25) is 0 Å². The Morgan fingerprint density at radius 2 is 2.04 bits per heavy atom. The Bertz CT molecular complexity index is 1150. The van der Waals surface area contributed by atoms with E-state index >= 15 is 0 Å². The quantitative estimate of drug-likeness (QED) is 0.569. The molecular formula is C19H14N6O3. The predicted molar refractivity (Wildman–Crippen MR) is 96.2 cm³/mol. The molecule has 0 bridgehead atoms. The largest absolute Gasteiger partial charge is 0.443 e. The van der Waals surface area contributed by atoms with Gasteiger partial charge in [-0.15, -0.1) is 0 Å². The Kier molecular flexibility index (Phi) is 4.43. The molecular weight excluding hydrogens is 360 g/mol. The van der Waals surface area contributed by atoms with Crippen LogP contribution in [0.5, 0.6) is 0 Å². The van der Waals surface area contributed by atoms with Gasteiger partial charge in [-0.1, -0.05) is 5.16 Å². The zero-order valence-electron chi connectivity index (χ0n) is 14.8. The van der Waals surface area contributed by atoms with Gasteiger partial charge in [0, 0.05) is 30.4 Å². The fourth-order valence-corrected chi connectivity index (χ4v) is 2.75. The smallest absolute Gasteiger partial charge is 0.256 e. The summed E-state index contributed by atoms with van der Waals surface area (Å²) in [6.45, 7) is 1.66. The van der Waals surface area contributed by atoms with Crippen LogP contribution in [0, 0.1) is 18.3 Å². The van der Waals surface area contributed by atoms with Gasteiger partial charge in [-0.2, -0.15) is 10.2 Å². The van der Waals surface area contributed by atoms with Gasteiger partial charge in [0.15, 0.2) is 0 Å². The zero-order chi connectivity index (χ0) is 19.5. The third-order valence-electron chi connectivity index (χ3n) is 4.05. The molecule has 28 heavy (non-hydrogen) atoms. The topological polar surface area (TPSA) is 123 Å². The Hall–Kier alpha value is -4.19. The molecule has 4 rings (SSSR count). The van der Waals surface area contributed by atoms with E-state index in [0.717, 1.165) is 5.56 Å². The molecule has 0 saturated heterocycles. The van der Waals surface area contributed by atoms with Crippen molar-refractivity contribution in [1.29, 1.82) is 5.26 Å². The van der Waals surface area contributed by atoms with E-state index in [1.54, 1.807) is 60.5 Å². The number of rotatable bonds is 5. The van der Waals surface area contributed by atoms with E-state index < -0.39 is 5.91 Å². The van der Waals surface area contributed by atoms with E-state index in [-0.39, 0.29) is 23.6 Å². The summed E-state index contributed by atoms with van der Waals surface area (Å²) in [6.07, 6.45) is 6.72. The summed E-state index contributed by atoms with van der Waals surface area (Å²) in [7, 11) is 0. The first-order valence-corrected chi connectivity index (χ1v) is 8.35. The second-order valence-electron chi connectivity index (χ2n) is 5.85. The summed E-state index contributed by atoms with van der Waals surface area (Å²) in [6, 6.07) is 9.15. The molecule has 9 heteroatoms. The van der Waals surface area contributed by atoms with Crippen molar-refractivity contribution >= 4 is 5.91 Å². The lowest BCUT2D eigenvalue weighted by Gasteiger charge is -2.01. The van der Waals surface area contributed by atoms with Crippen LogP contribution >= 0.6 is 0 Å². The number of nitrogens with zero attached hydrogens (tertiary/aromatic N) is 5. The van der Waals surface area contributed by atoms with Crippen molar-refractivity contribution in [2.24, 2.45) is 0 Å². The summed E-state index contributed by atoms with van der Waals surface area (Å²) in [5.41, 5.74) is 1.10. The molecule has 0 aliphatic heterocycles. The van der Waals surface area contributed by atoms with Gasteiger partial charge in [-0.3, -0.25) is 14.3 Å². The maximum absolute atomic E-state index is 12.6. The SMILES string of the molecule is Cc1oc(-n2cccc2)c(C#N)c1C(=O)NCc1nc(-c2ccncc2)no1. The number of aromatic nitrogens is 4. The number of carbonyl (C=O) groups excluding carboxylic acids is 1. The molecule has 4 aromatic rings. The molecule has 0 atom stereocenters. The Labute approximate surface area is 159 Å². The van der Waals surface area contributed by atoms with Crippen molar-refractivity contribution in [1.82, 2.24) is 25.0 Å². The average molecular weight is 374 g/mol. The number of amides is 1. The molecule has 0 aliphatic carbocycles. The van der Waals surface area contributed by atoms with Crippen molar-refractivity contribution in [3.63, 3.8) is 0 Å². The summed E-state index contributed by atoms with van der Waals surface area (Å²) in [5, 5.41) is 16.1. The van der Waals surface area contributed by atoms with Crippen LogP contribution in [-0.4, -0.2) is 25.6 Å². The maximum atomic E-state index is 12.6. The normalized spacial score (nSPS) is 10.6. The fourth-order valence-electron chi connectivity index (χ4n) is 2.75. The van der Waals surface area contributed by atoms with Gasteiger partial charge in [-0.05, 0) is 31.2 Å². The molecule has 0 fully saturated rings. The zero-order valence-corrected chi connectivity index (χ0v) is 14.8. The van der Waals surface area contributed by atoms with Crippen molar-refractivity contribution in [2.45, 2.75) is 13.5 Å². The maximum Gasteiger partial charge on any atom is 0.256 e. The number of aryl methyl sites for hydroxylation is 1. The second-order valence-corrected chi connectivity index (χ2v) is 5.85. The van der Waals surface area contributed by atoms with Gasteiger partial charge >= 0.3 is 0 Å². The van der Waals surface area contributed by atoms with Crippen molar-refractivity contribution in [3.8, 4) is 23.3 Å². The molecule has 0 saturated carbocycles. The lowest BCUT2D eigenvalue weighted by molar-refractivity contribution is 0.0944. The molecule has 0 spiro atoms. The highest BCUT2D eigenvalue weighted by molar-refractivity contribution is 5.98. The van der Waals surface area contributed by atoms with Crippen LogP contribution in [0.4, 0.5) is 0 Å². The van der Waals surface area contributed by atoms with Gasteiger partial charge in [0.05, 0.1) is 6.54 Å². The molecule has 138 valence electrons. The van der Waals surface area contributed by atoms with Gasteiger partial charge in [-0.25, -0.2) is 0 Å². The molecule has 0 aromatic carbocycles. The second kappa shape index (κ2) is 7.20. The van der Waals surface area contributed by atoms with Crippen molar-refractivity contribution < 1.29 is 13.7 Å². The van der Waals surface area contributed by atoms with Crippen molar-refractivity contribution in [3.05, 3.63) is 71.8 Å². The first-order chi connectivity index (χ1) is 13.7. The number of pyridine rings is 1. The minimum Gasteiger partial charge on any atom is -0.443 e. The Morgan fingerprint density at radius 1 is 1.29 bits per heavy atom. The van der Waals surface area contributed by atoms with E-state index in [1.807, 2.05) is 6.07 Å². The van der Waals surface area contributed by atoms with E-state index in [9.17, 15) is 10.1 Å². The standard InChI is InChI=1S/C19H14N6O3/c1-12-16(14(10-20)19(27-12)25-8-2-3-9-25)18(26)22-11-15-23-17(24-28-15)13-4-6-21-7-5-13/h2-9H,11H2,1H3,(H,22,26). The van der Waals surface area contributed by atoms with E-state index in [1.165, 1.54) is 0 Å². The molecule has 0 radical (unpaired) electrons. The number of nitrogens with one attached hydrogen (secondary N) is 1. The Balaban J connectivity index is 1.52. The molecule has 1 amide bonds.